The van der Waals surface area contributed by atoms with Gasteiger partial charge in [-0.3, -0.25) is 14.8 Å². The van der Waals surface area contributed by atoms with Crippen LogP contribution in [0.25, 0.3) is 0 Å². The van der Waals surface area contributed by atoms with Crippen LogP contribution in [0.2, 0.25) is 0 Å². The summed E-state index contributed by atoms with van der Waals surface area (Å²) < 4.78 is 5.43. The van der Waals surface area contributed by atoms with Gasteiger partial charge in [0.1, 0.15) is 5.56 Å². The molecule has 0 unspecified atom stereocenters. The number of aliphatic hydroxyl groups is 1. The fourth-order valence-electron chi connectivity index (χ4n) is 2.90. The molecule has 1 aliphatic rings. The van der Waals surface area contributed by atoms with Crippen molar-refractivity contribution in [3.8, 4) is 5.88 Å². The Labute approximate surface area is 140 Å². The Bertz CT molecular complexity index is 695. The van der Waals surface area contributed by atoms with Crippen LogP contribution in [-0.2, 0) is 6.42 Å². The Morgan fingerprint density at radius 3 is 2.96 bits per heavy atom. The Morgan fingerprint density at radius 1 is 1.33 bits per heavy atom. The fraction of sp³-hybridized carbons (Fsp3) is 0.412. The third-order valence-electron chi connectivity index (χ3n) is 4.06. The maximum atomic E-state index is 12.8. The van der Waals surface area contributed by atoms with Crippen LogP contribution in [0.1, 0.15) is 23.0 Å². The molecule has 7 heteroatoms. The Kier molecular flexibility index (Phi) is 5.00. The van der Waals surface area contributed by atoms with Gasteiger partial charge in [-0.1, -0.05) is 0 Å². The number of nitrogens with zero attached hydrogens (tertiary/aromatic N) is 4. The van der Waals surface area contributed by atoms with Gasteiger partial charge in [0, 0.05) is 43.8 Å². The lowest BCUT2D eigenvalue weighted by molar-refractivity contribution is 0.0759. The monoisotopic (exact) mass is 328 g/mol. The maximum absolute atomic E-state index is 12.8. The largest absolute Gasteiger partial charge is 0.477 e. The van der Waals surface area contributed by atoms with Gasteiger partial charge in [-0.15, -0.1) is 0 Å². The number of aliphatic hydroxyl groups excluding tert-OH is 1. The average molecular weight is 328 g/mol. The van der Waals surface area contributed by atoms with Crippen molar-refractivity contribution in [2.75, 3.05) is 19.7 Å². The van der Waals surface area contributed by atoms with E-state index in [0.717, 1.165) is 5.69 Å². The van der Waals surface area contributed by atoms with Crippen molar-refractivity contribution in [1.82, 2.24) is 19.9 Å². The minimum absolute atomic E-state index is 0.0575. The first-order valence-electron chi connectivity index (χ1n) is 7.99. The van der Waals surface area contributed by atoms with Crippen LogP contribution in [-0.4, -0.2) is 56.7 Å². The van der Waals surface area contributed by atoms with Crippen LogP contribution < -0.4 is 4.74 Å². The number of amides is 1. The van der Waals surface area contributed by atoms with Crippen molar-refractivity contribution < 1.29 is 14.6 Å². The third kappa shape index (κ3) is 3.51. The number of carbonyl (C=O) groups is 1. The molecule has 7 nitrogen and oxygen atoms in total. The number of ether oxygens (including phenoxy) is 1. The zero-order chi connectivity index (χ0) is 16.9. The summed E-state index contributed by atoms with van der Waals surface area (Å²) in [6, 6.07) is 3.40. The van der Waals surface area contributed by atoms with Gasteiger partial charge in [0.05, 0.1) is 18.4 Å². The highest BCUT2D eigenvalue weighted by Gasteiger charge is 2.35. The predicted molar refractivity (Wildman–Crippen MR) is 86.5 cm³/mol. The van der Waals surface area contributed by atoms with E-state index in [-0.39, 0.29) is 11.8 Å². The molecule has 1 fully saturated rings. The number of likely N-dealkylation sites (tertiary alicyclic amines) is 1. The van der Waals surface area contributed by atoms with Crippen LogP contribution in [0.3, 0.4) is 0 Å². The first-order chi connectivity index (χ1) is 11.7. The van der Waals surface area contributed by atoms with Gasteiger partial charge in [0.25, 0.3) is 5.91 Å². The summed E-state index contributed by atoms with van der Waals surface area (Å²) in [6.45, 7) is 3.05. The molecule has 1 N–H and O–H groups in total. The van der Waals surface area contributed by atoms with E-state index >= 15 is 0 Å². The number of hydrogen-bond acceptors (Lipinski definition) is 6. The number of β-amino-alcohol motifs (C(OH)–C–C–N with tert-alkyl or cyclic N) is 1. The van der Waals surface area contributed by atoms with Gasteiger partial charge in [0.2, 0.25) is 5.88 Å². The van der Waals surface area contributed by atoms with Gasteiger partial charge >= 0.3 is 0 Å². The first kappa shape index (κ1) is 16.3. The molecule has 1 saturated heterocycles. The van der Waals surface area contributed by atoms with Crippen LogP contribution >= 0.6 is 0 Å². The van der Waals surface area contributed by atoms with E-state index in [4.69, 9.17) is 4.74 Å². The number of rotatable bonds is 5. The minimum Gasteiger partial charge on any atom is -0.477 e. The maximum Gasteiger partial charge on any atom is 0.259 e. The van der Waals surface area contributed by atoms with Crippen molar-refractivity contribution in [3.05, 3.63) is 48.2 Å². The van der Waals surface area contributed by atoms with Gasteiger partial charge in [-0.25, -0.2) is 4.98 Å². The zero-order valence-corrected chi connectivity index (χ0v) is 13.5. The van der Waals surface area contributed by atoms with Crippen molar-refractivity contribution >= 4 is 5.91 Å². The molecule has 2 aromatic heterocycles. The molecule has 24 heavy (non-hydrogen) atoms. The van der Waals surface area contributed by atoms with E-state index < -0.39 is 6.10 Å². The number of pyridine rings is 1. The highest BCUT2D eigenvalue weighted by Crippen LogP contribution is 2.24. The molecule has 0 spiro atoms. The molecule has 126 valence electrons. The van der Waals surface area contributed by atoms with Crippen molar-refractivity contribution in [2.24, 2.45) is 5.92 Å². The number of aromatic nitrogens is 3. The lowest BCUT2D eigenvalue weighted by Gasteiger charge is -2.17. The molecule has 1 aliphatic heterocycles. The Balaban J connectivity index is 1.71. The summed E-state index contributed by atoms with van der Waals surface area (Å²) >= 11 is 0. The minimum atomic E-state index is -0.580. The lowest BCUT2D eigenvalue weighted by Crippen LogP contribution is -2.30. The highest BCUT2D eigenvalue weighted by atomic mass is 16.5. The second-order valence-corrected chi connectivity index (χ2v) is 5.73. The smallest absolute Gasteiger partial charge is 0.259 e. The van der Waals surface area contributed by atoms with Gasteiger partial charge < -0.3 is 14.7 Å². The van der Waals surface area contributed by atoms with Crippen LogP contribution in [0.15, 0.2) is 36.9 Å². The van der Waals surface area contributed by atoms with Crippen molar-refractivity contribution in [3.63, 3.8) is 0 Å². The van der Waals surface area contributed by atoms with Crippen LogP contribution in [0.4, 0.5) is 0 Å². The SMILES string of the molecule is CCOc1ncccc1C(=O)N1C[C@@H](Cc2cnccn2)[C@H](O)C1. The molecule has 0 aromatic carbocycles. The third-order valence-corrected chi connectivity index (χ3v) is 4.06. The fourth-order valence-corrected chi connectivity index (χ4v) is 2.90. The van der Waals surface area contributed by atoms with E-state index in [1.54, 1.807) is 41.8 Å². The molecule has 0 bridgehead atoms. The summed E-state index contributed by atoms with van der Waals surface area (Å²) in [5.74, 6) is 0.0991. The Hall–Kier alpha value is -2.54. The molecule has 0 saturated carbocycles. The molecule has 1 amide bonds. The normalized spacial score (nSPS) is 20.2. The number of hydrogen-bond donors (Lipinski definition) is 1. The summed E-state index contributed by atoms with van der Waals surface area (Å²) in [5, 5.41) is 10.3. The van der Waals surface area contributed by atoms with E-state index in [9.17, 15) is 9.90 Å². The van der Waals surface area contributed by atoms with E-state index in [1.165, 1.54) is 0 Å². The molecular formula is C17H20N4O3. The molecule has 2 aromatic rings. The predicted octanol–water partition coefficient (Wildman–Crippen LogP) is 0.946. The second kappa shape index (κ2) is 7.35. The first-order valence-corrected chi connectivity index (χ1v) is 7.99. The molecular weight excluding hydrogens is 308 g/mol. The van der Waals surface area contributed by atoms with Gasteiger partial charge in [-0.2, -0.15) is 0 Å². The van der Waals surface area contributed by atoms with Gasteiger partial charge in [-0.05, 0) is 25.5 Å². The van der Waals surface area contributed by atoms with E-state index in [1.807, 2.05) is 6.92 Å². The lowest BCUT2D eigenvalue weighted by atomic mass is 10.0. The summed E-state index contributed by atoms with van der Waals surface area (Å²) in [7, 11) is 0. The molecule has 2 atom stereocenters. The topological polar surface area (TPSA) is 88.4 Å². The standard InChI is InChI=1S/C17H20N4O3/c1-2-24-16-14(4-3-5-20-16)17(23)21-10-12(15(22)11-21)8-13-9-18-6-7-19-13/h3-7,9,12,15,22H,2,8,10-11H2,1H3/t12-,15-/m1/s1. The van der Waals surface area contributed by atoms with Crippen LogP contribution in [0.5, 0.6) is 5.88 Å². The van der Waals surface area contributed by atoms with Crippen LogP contribution in [0, 0.1) is 5.92 Å². The summed E-state index contributed by atoms with van der Waals surface area (Å²) in [5.41, 5.74) is 1.24. The average Bonchev–Trinajstić information content (AvgIpc) is 2.97. The van der Waals surface area contributed by atoms with Gasteiger partial charge in [0.15, 0.2) is 0 Å². The molecule has 3 heterocycles. The molecule has 0 aliphatic carbocycles. The quantitative estimate of drug-likeness (QED) is 0.879. The summed E-state index contributed by atoms with van der Waals surface area (Å²) in [6.07, 6.45) is 6.53. The molecule has 3 rings (SSSR count). The van der Waals surface area contributed by atoms with E-state index in [2.05, 4.69) is 15.0 Å². The Morgan fingerprint density at radius 2 is 2.21 bits per heavy atom. The number of carbonyl (C=O) groups excluding carboxylic acids is 1. The van der Waals surface area contributed by atoms with Crippen molar-refractivity contribution in [2.45, 2.75) is 19.4 Å². The second-order valence-electron chi connectivity index (χ2n) is 5.73. The molecule has 0 radical (unpaired) electrons. The highest BCUT2D eigenvalue weighted by molar-refractivity contribution is 5.96. The van der Waals surface area contributed by atoms with E-state index in [0.29, 0.717) is 37.6 Å². The summed E-state index contributed by atoms with van der Waals surface area (Å²) in [4.78, 5) is 26.8. The zero-order valence-electron chi connectivity index (χ0n) is 13.5. The van der Waals surface area contributed by atoms with Crippen molar-refractivity contribution in [1.29, 1.82) is 0 Å².